The number of aliphatic hydroxyl groups excluding tert-OH is 1. The average Bonchev–Trinajstić information content (AvgIpc) is 2.49. The van der Waals surface area contributed by atoms with Crippen LogP contribution in [0.1, 0.15) is 31.5 Å². The smallest absolute Gasteiger partial charge is 0.133 e. The number of hydrogen-bond acceptors (Lipinski definition) is 4. The molecule has 1 aromatic heterocycles. The molecule has 5 nitrogen and oxygen atoms in total. The first-order valence-corrected chi connectivity index (χ1v) is 4.72. The van der Waals surface area contributed by atoms with Gasteiger partial charge in [-0.3, -0.25) is 4.79 Å². The van der Waals surface area contributed by atoms with Crippen molar-refractivity contribution in [3.63, 3.8) is 0 Å². The standard InChI is InChI=1S/C9H13N3O2/c1-6(14)7-2-9(3-7)12-4-8(5-13)10-11-12/h4,7,9,13H,2-3,5H2,1H3. The van der Waals surface area contributed by atoms with Gasteiger partial charge < -0.3 is 5.11 Å². The van der Waals surface area contributed by atoms with Crippen molar-refractivity contribution in [3.05, 3.63) is 11.9 Å². The molecule has 1 aliphatic rings. The zero-order valence-electron chi connectivity index (χ0n) is 8.05. The van der Waals surface area contributed by atoms with Crippen LogP contribution in [-0.2, 0) is 11.4 Å². The van der Waals surface area contributed by atoms with Gasteiger partial charge in [0.1, 0.15) is 11.5 Å². The molecule has 2 rings (SSSR count). The Morgan fingerprint density at radius 1 is 1.71 bits per heavy atom. The van der Waals surface area contributed by atoms with Crippen LogP contribution in [0.2, 0.25) is 0 Å². The van der Waals surface area contributed by atoms with Crippen molar-refractivity contribution in [3.8, 4) is 0 Å². The highest BCUT2D eigenvalue weighted by Gasteiger charge is 2.34. The van der Waals surface area contributed by atoms with Crippen LogP contribution in [0.25, 0.3) is 0 Å². The molecule has 1 fully saturated rings. The lowest BCUT2D eigenvalue weighted by Crippen LogP contribution is -2.31. The number of hydrogen-bond donors (Lipinski definition) is 1. The van der Waals surface area contributed by atoms with E-state index in [1.807, 2.05) is 0 Å². The zero-order valence-corrected chi connectivity index (χ0v) is 8.05. The van der Waals surface area contributed by atoms with Gasteiger partial charge in [-0.1, -0.05) is 5.21 Å². The third-order valence-corrected chi connectivity index (χ3v) is 2.78. The molecule has 0 atom stereocenters. The Labute approximate surface area is 81.7 Å². The number of carbonyl (C=O) groups excluding carboxylic acids is 1. The van der Waals surface area contributed by atoms with Gasteiger partial charge in [0.15, 0.2) is 0 Å². The summed E-state index contributed by atoms with van der Waals surface area (Å²) in [6, 6.07) is 0.289. The number of ketones is 1. The number of aliphatic hydroxyl groups is 1. The number of nitrogens with zero attached hydrogens (tertiary/aromatic N) is 3. The van der Waals surface area contributed by atoms with E-state index in [9.17, 15) is 4.79 Å². The highest BCUT2D eigenvalue weighted by molar-refractivity contribution is 5.79. The van der Waals surface area contributed by atoms with Crippen molar-refractivity contribution in [1.82, 2.24) is 15.0 Å². The number of rotatable bonds is 3. The third-order valence-electron chi connectivity index (χ3n) is 2.78. The molecule has 5 heteroatoms. The molecule has 1 heterocycles. The van der Waals surface area contributed by atoms with E-state index in [-0.39, 0.29) is 24.3 Å². The highest BCUT2D eigenvalue weighted by Crippen LogP contribution is 2.37. The summed E-state index contributed by atoms with van der Waals surface area (Å²) < 4.78 is 1.74. The summed E-state index contributed by atoms with van der Waals surface area (Å²) in [7, 11) is 0. The normalized spacial score (nSPS) is 25.9. The molecule has 1 aromatic rings. The summed E-state index contributed by atoms with van der Waals surface area (Å²) in [4.78, 5) is 11.0. The average molecular weight is 195 g/mol. The Kier molecular flexibility index (Phi) is 2.33. The van der Waals surface area contributed by atoms with Crippen LogP contribution in [0.15, 0.2) is 6.20 Å². The Bertz CT molecular complexity index is 342. The van der Waals surface area contributed by atoms with Crippen LogP contribution in [0.5, 0.6) is 0 Å². The largest absolute Gasteiger partial charge is 0.390 e. The number of aromatic nitrogens is 3. The molecule has 0 aromatic carbocycles. The van der Waals surface area contributed by atoms with Crippen LogP contribution in [0.4, 0.5) is 0 Å². The van der Waals surface area contributed by atoms with Gasteiger partial charge in [-0.2, -0.15) is 0 Å². The number of carbonyl (C=O) groups is 1. The second kappa shape index (κ2) is 3.49. The van der Waals surface area contributed by atoms with Gasteiger partial charge in [0.05, 0.1) is 18.8 Å². The van der Waals surface area contributed by atoms with Crippen LogP contribution in [-0.4, -0.2) is 25.9 Å². The van der Waals surface area contributed by atoms with Crippen LogP contribution in [0, 0.1) is 5.92 Å². The van der Waals surface area contributed by atoms with Gasteiger partial charge in [-0.25, -0.2) is 4.68 Å². The minimum Gasteiger partial charge on any atom is -0.390 e. The molecule has 0 amide bonds. The second-order valence-corrected chi connectivity index (χ2v) is 3.78. The SMILES string of the molecule is CC(=O)C1CC(n2cc(CO)nn2)C1. The molecule has 0 bridgehead atoms. The van der Waals surface area contributed by atoms with E-state index in [1.54, 1.807) is 17.8 Å². The predicted molar refractivity (Wildman–Crippen MR) is 48.4 cm³/mol. The summed E-state index contributed by atoms with van der Waals surface area (Å²) >= 11 is 0. The van der Waals surface area contributed by atoms with Gasteiger partial charge in [0.25, 0.3) is 0 Å². The molecule has 1 aliphatic carbocycles. The van der Waals surface area contributed by atoms with Gasteiger partial charge in [0.2, 0.25) is 0 Å². The molecular weight excluding hydrogens is 182 g/mol. The predicted octanol–water partition coefficient (Wildman–Crippen LogP) is 0.310. The molecule has 0 radical (unpaired) electrons. The second-order valence-electron chi connectivity index (χ2n) is 3.78. The lowest BCUT2D eigenvalue weighted by Gasteiger charge is -2.33. The first kappa shape index (κ1) is 9.33. The van der Waals surface area contributed by atoms with Crippen molar-refractivity contribution < 1.29 is 9.90 Å². The first-order valence-electron chi connectivity index (χ1n) is 4.72. The molecule has 0 unspecified atom stereocenters. The third kappa shape index (κ3) is 1.55. The zero-order chi connectivity index (χ0) is 10.1. The van der Waals surface area contributed by atoms with Crippen LogP contribution in [0.3, 0.4) is 0 Å². The fourth-order valence-electron chi connectivity index (χ4n) is 1.70. The quantitative estimate of drug-likeness (QED) is 0.753. The molecule has 14 heavy (non-hydrogen) atoms. The summed E-state index contributed by atoms with van der Waals surface area (Å²) in [6.07, 6.45) is 3.44. The van der Waals surface area contributed by atoms with Crippen molar-refractivity contribution in [2.24, 2.45) is 5.92 Å². The highest BCUT2D eigenvalue weighted by atomic mass is 16.3. The van der Waals surface area contributed by atoms with Gasteiger partial charge in [0, 0.05) is 5.92 Å². The van der Waals surface area contributed by atoms with E-state index >= 15 is 0 Å². The molecule has 76 valence electrons. The van der Waals surface area contributed by atoms with Crippen LogP contribution >= 0.6 is 0 Å². The maximum absolute atomic E-state index is 11.0. The monoisotopic (exact) mass is 195 g/mol. The first-order chi connectivity index (χ1) is 6.70. The van der Waals surface area contributed by atoms with E-state index in [0.29, 0.717) is 5.69 Å². The summed E-state index contributed by atoms with van der Waals surface area (Å²) in [6.45, 7) is 1.55. The van der Waals surface area contributed by atoms with Crippen molar-refractivity contribution in [1.29, 1.82) is 0 Å². The summed E-state index contributed by atoms with van der Waals surface area (Å²) in [5.41, 5.74) is 0.580. The lowest BCUT2D eigenvalue weighted by atomic mass is 9.78. The molecule has 1 saturated carbocycles. The Morgan fingerprint density at radius 3 is 2.93 bits per heavy atom. The fraction of sp³-hybridized carbons (Fsp3) is 0.667. The topological polar surface area (TPSA) is 68.0 Å². The van der Waals surface area contributed by atoms with Crippen molar-refractivity contribution in [2.45, 2.75) is 32.4 Å². The minimum absolute atomic E-state index is 0.0805. The van der Waals surface area contributed by atoms with Crippen molar-refractivity contribution >= 4 is 5.78 Å². The van der Waals surface area contributed by atoms with Gasteiger partial charge in [-0.15, -0.1) is 5.10 Å². The van der Waals surface area contributed by atoms with E-state index in [1.165, 1.54) is 0 Å². The summed E-state index contributed by atoms with van der Waals surface area (Å²) in [5.74, 6) is 0.450. The molecule has 0 saturated heterocycles. The van der Waals surface area contributed by atoms with E-state index in [0.717, 1.165) is 12.8 Å². The lowest BCUT2D eigenvalue weighted by molar-refractivity contribution is -0.124. The Morgan fingerprint density at radius 2 is 2.43 bits per heavy atom. The summed E-state index contributed by atoms with van der Waals surface area (Å²) in [5, 5.41) is 16.5. The van der Waals surface area contributed by atoms with Gasteiger partial charge >= 0.3 is 0 Å². The minimum atomic E-state index is -0.0805. The van der Waals surface area contributed by atoms with Gasteiger partial charge in [-0.05, 0) is 19.8 Å². The van der Waals surface area contributed by atoms with E-state index < -0.39 is 0 Å². The Hall–Kier alpha value is -1.23. The molecular formula is C9H13N3O2. The Balaban J connectivity index is 1.96. The molecule has 0 spiro atoms. The van der Waals surface area contributed by atoms with E-state index in [2.05, 4.69) is 10.3 Å². The van der Waals surface area contributed by atoms with Crippen molar-refractivity contribution in [2.75, 3.05) is 0 Å². The molecule has 0 aliphatic heterocycles. The number of Topliss-reactive ketones (excluding diaryl/α,β-unsaturated/α-hetero) is 1. The molecule has 1 N–H and O–H groups in total. The van der Waals surface area contributed by atoms with Crippen LogP contribution < -0.4 is 0 Å². The maximum Gasteiger partial charge on any atom is 0.133 e. The fourth-order valence-corrected chi connectivity index (χ4v) is 1.70. The van der Waals surface area contributed by atoms with E-state index in [4.69, 9.17) is 5.11 Å². The maximum atomic E-state index is 11.0.